The molecule has 0 aliphatic carbocycles. The maximum absolute atomic E-state index is 12.0. The molecule has 1 N–H and O–H groups in total. The van der Waals surface area contributed by atoms with Crippen molar-refractivity contribution in [2.24, 2.45) is 0 Å². The van der Waals surface area contributed by atoms with Gasteiger partial charge >= 0.3 is 5.97 Å². The summed E-state index contributed by atoms with van der Waals surface area (Å²) in [6.07, 6.45) is 0.418. The van der Waals surface area contributed by atoms with Crippen LogP contribution in [0.4, 0.5) is 0 Å². The van der Waals surface area contributed by atoms with Gasteiger partial charge in [0.15, 0.2) is 0 Å². The topological polar surface area (TPSA) is 57.6 Å². The summed E-state index contributed by atoms with van der Waals surface area (Å²) in [4.78, 5) is 24.4. The van der Waals surface area contributed by atoms with Gasteiger partial charge in [-0.05, 0) is 5.56 Å². The van der Waals surface area contributed by atoms with Gasteiger partial charge in [-0.15, -0.1) is 0 Å². The second-order valence-electron chi connectivity index (χ2n) is 4.17. The Balaban J connectivity index is 2.27. The van der Waals surface area contributed by atoms with E-state index in [-0.39, 0.29) is 18.5 Å². The molecule has 5 heteroatoms. The van der Waals surface area contributed by atoms with Crippen LogP contribution in [0.15, 0.2) is 30.3 Å². The summed E-state index contributed by atoms with van der Waals surface area (Å²) in [5.41, 5.74) is 1.00. The van der Waals surface area contributed by atoms with Gasteiger partial charge in [-0.25, -0.2) is 0 Å². The third kappa shape index (κ3) is 3.04. The van der Waals surface area contributed by atoms with Crippen molar-refractivity contribution in [1.29, 1.82) is 0 Å². The quantitative estimate of drug-likeness (QED) is 0.905. The smallest absolute Gasteiger partial charge is 0.323 e. The number of amides is 1. The van der Waals surface area contributed by atoms with Gasteiger partial charge in [-0.2, -0.15) is 11.8 Å². The first-order chi connectivity index (χ1) is 8.68. The number of hydrogen-bond acceptors (Lipinski definition) is 3. The lowest BCUT2D eigenvalue weighted by Gasteiger charge is -2.28. The van der Waals surface area contributed by atoms with Crippen LogP contribution in [-0.2, 0) is 9.59 Å². The van der Waals surface area contributed by atoms with E-state index in [1.165, 1.54) is 4.90 Å². The van der Waals surface area contributed by atoms with Crippen molar-refractivity contribution in [3.8, 4) is 0 Å². The Kier molecular flexibility index (Phi) is 4.25. The van der Waals surface area contributed by atoms with E-state index in [1.54, 1.807) is 11.8 Å². The fourth-order valence-corrected chi connectivity index (χ4v) is 3.14. The Labute approximate surface area is 110 Å². The zero-order valence-corrected chi connectivity index (χ0v) is 10.7. The van der Waals surface area contributed by atoms with Crippen molar-refractivity contribution < 1.29 is 14.7 Å². The molecule has 18 heavy (non-hydrogen) atoms. The van der Waals surface area contributed by atoms with Gasteiger partial charge in [-0.3, -0.25) is 9.59 Å². The highest BCUT2D eigenvalue weighted by Crippen LogP contribution is 2.29. The third-order valence-corrected chi connectivity index (χ3v) is 3.97. The fourth-order valence-electron chi connectivity index (χ4n) is 2.06. The molecule has 1 aliphatic rings. The maximum Gasteiger partial charge on any atom is 0.323 e. The molecule has 0 spiro atoms. The Morgan fingerprint density at radius 3 is 2.78 bits per heavy atom. The van der Waals surface area contributed by atoms with E-state index < -0.39 is 5.97 Å². The van der Waals surface area contributed by atoms with E-state index >= 15 is 0 Å². The van der Waals surface area contributed by atoms with E-state index in [0.717, 1.165) is 17.1 Å². The van der Waals surface area contributed by atoms with E-state index in [0.29, 0.717) is 6.42 Å². The maximum atomic E-state index is 12.0. The number of rotatable bonds is 3. The summed E-state index contributed by atoms with van der Waals surface area (Å²) in [5.74, 6) is 0.480. The molecule has 1 aromatic rings. The number of aliphatic carboxylic acids is 1. The van der Waals surface area contributed by atoms with Crippen LogP contribution in [0.1, 0.15) is 18.0 Å². The highest BCUT2D eigenvalue weighted by Gasteiger charge is 2.29. The largest absolute Gasteiger partial charge is 0.480 e. The minimum absolute atomic E-state index is 0.0729. The molecule has 1 unspecified atom stereocenters. The zero-order chi connectivity index (χ0) is 13.0. The summed E-state index contributed by atoms with van der Waals surface area (Å²) in [6.45, 7) is -0.223. The Morgan fingerprint density at radius 2 is 2.11 bits per heavy atom. The van der Waals surface area contributed by atoms with Crippen LogP contribution in [-0.4, -0.2) is 39.9 Å². The van der Waals surface area contributed by atoms with Crippen molar-refractivity contribution in [3.63, 3.8) is 0 Å². The van der Waals surface area contributed by atoms with Crippen LogP contribution in [0.3, 0.4) is 0 Å². The van der Waals surface area contributed by atoms with E-state index in [9.17, 15) is 9.59 Å². The number of carbonyl (C=O) groups excluding carboxylic acids is 1. The molecule has 1 atom stereocenters. The minimum Gasteiger partial charge on any atom is -0.480 e. The number of carbonyl (C=O) groups is 2. The third-order valence-electron chi connectivity index (χ3n) is 2.92. The van der Waals surface area contributed by atoms with Gasteiger partial charge in [-0.1, -0.05) is 30.3 Å². The fraction of sp³-hybridized carbons (Fsp3) is 0.385. The summed E-state index contributed by atoms with van der Waals surface area (Å²) in [7, 11) is 0. The van der Waals surface area contributed by atoms with Gasteiger partial charge in [0.05, 0.1) is 6.04 Å². The number of benzene rings is 1. The lowest BCUT2D eigenvalue weighted by Crippen LogP contribution is -2.38. The Bertz CT molecular complexity index is 435. The molecule has 1 heterocycles. The first-order valence-corrected chi connectivity index (χ1v) is 6.98. The molecule has 1 amide bonds. The van der Waals surface area contributed by atoms with Crippen LogP contribution in [0.25, 0.3) is 0 Å². The van der Waals surface area contributed by atoms with Gasteiger partial charge in [0.2, 0.25) is 5.91 Å². The molecule has 96 valence electrons. The predicted molar refractivity (Wildman–Crippen MR) is 70.5 cm³/mol. The highest BCUT2D eigenvalue weighted by atomic mass is 32.2. The first kappa shape index (κ1) is 13.0. The molecular weight excluding hydrogens is 250 g/mol. The summed E-state index contributed by atoms with van der Waals surface area (Å²) < 4.78 is 0. The van der Waals surface area contributed by atoms with Crippen LogP contribution in [0, 0.1) is 0 Å². The van der Waals surface area contributed by atoms with E-state index in [1.807, 2.05) is 30.3 Å². The molecular formula is C13H15NO3S. The second-order valence-corrected chi connectivity index (χ2v) is 5.32. The van der Waals surface area contributed by atoms with Crippen molar-refractivity contribution in [3.05, 3.63) is 35.9 Å². The number of nitrogens with zero attached hydrogens (tertiary/aromatic N) is 1. The van der Waals surface area contributed by atoms with Gasteiger partial charge in [0.1, 0.15) is 6.54 Å². The van der Waals surface area contributed by atoms with Crippen LogP contribution in [0.5, 0.6) is 0 Å². The average molecular weight is 265 g/mol. The molecule has 1 fully saturated rings. The normalized spacial score (nSPS) is 20.6. The first-order valence-electron chi connectivity index (χ1n) is 5.82. The van der Waals surface area contributed by atoms with Crippen molar-refractivity contribution >= 4 is 23.6 Å². The molecule has 2 rings (SSSR count). The van der Waals surface area contributed by atoms with E-state index in [2.05, 4.69) is 0 Å². The SMILES string of the molecule is O=C(O)CN1C(=O)CCSCC1c1ccccc1. The summed E-state index contributed by atoms with van der Waals surface area (Å²) >= 11 is 1.70. The Morgan fingerprint density at radius 1 is 1.39 bits per heavy atom. The summed E-state index contributed by atoms with van der Waals surface area (Å²) in [6, 6.07) is 9.48. The molecule has 0 bridgehead atoms. The van der Waals surface area contributed by atoms with E-state index in [4.69, 9.17) is 5.11 Å². The van der Waals surface area contributed by atoms with Gasteiger partial charge in [0.25, 0.3) is 0 Å². The highest BCUT2D eigenvalue weighted by molar-refractivity contribution is 7.99. The van der Waals surface area contributed by atoms with Gasteiger partial charge < -0.3 is 10.0 Å². The molecule has 1 saturated heterocycles. The Hall–Kier alpha value is -1.49. The zero-order valence-electron chi connectivity index (χ0n) is 9.91. The van der Waals surface area contributed by atoms with Gasteiger partial charge in [0, 0.05) is 17.9 Å². The minimum atomic E-state index is -0.962. The standard InChI is InChI=1S/C13H15NO3S/c15-12-6-7-18-9-11(14(12)8-13(16)17)10-4-2-1-3-5-10/h1-5,11H,6-9H2,(H,16,17). The van der Waals surface area contributed by atoms with Crippen LogP contribution < -0.4 is 0 Å². The lowest BCUT2D eigenvalue weighted by molar-refractivity contribution is -0.145. The predicted octanol–water partition coefficient (Wildman–Crippen LogP) is 1.78. The van der Waals surface area contributed by atoms with Crippen LogP contribution in [0.2, 0.25) is 0 Å². The number of hydrogen-bond donors (Lipinski definition) is 1. The number of thioether (sulfide) groups is 1. The molecule has 0 aromatic heterocycles. The molecule has 0 saturated carbocycles. The molecule has 1 aliphatic heterocycles. The number of carboxylic acids is 1. The molecule has 1 aromatic carbocycles. The monoisotopic (exact) mass is 265 g/mol. The summed E-state index contributed by atoms with van der Waals surface area (Å²) in [5, 5.41) is 8.94. The second kappa shape index (κ2) is 5.91. The molecule has 4 nitrogen and oxygen atoms in total. The van der Waals surface area contributed by atoms with Crippen molar-refractivity contribution in [2.45, 2.75) is 12.5 Å². The van der Waals surface area contributed by atoms with Crippen LogP contribution >= 0.6 is 11.8 Å². The number of carboxylic acid groups (broad SMARTS) is 1. The van der Waals surface area contributed by atoms with Crippen molar-refractivity contribution in [1.82, 2.24) is 4.90 Å². The molecule has 0 radical (unpaired) electrons. The van der Waals surface area contributed by atoms with Crippen molar-refractivity contribution in [2.75, 3.05) is 18.1 Å². The average Bonchev–Trinajstić information content (AvgIpc) is 2.53. The lowest BCUT2D eigenvalue weighted by atomic mass is 10.1.